The van der Waals surface area contributed by atoms with E-state index in [9.17, 15) is 14.4 Å². The zero-order valence-corrected chi connectivity index (χ0v) is 18.1. The number of carbonyl (C=O) groups is 3. The van der Waals surface area contributed by atoms with Crippen LogP contribution in [0.4, 0.5) is 0 Å². The van der Waals surface area contributed by atoms with Crippen molar-refractivity contribution in [1.29, 1.82) is 0 Å². The molecule has 0 aromatic heterocycles. The van der Waals surface area contributed by atoms with Crippen LogP contribution in [0.5, 0.6) is 0 Å². The van der Waals surface area contributed by atoms with Gasteiger partial charge in [0.2, 0.25) is 11.8 Å². The molecule has 0 spiro atoms. The summed E-state index contributed by atoms with van der Waals surface area (Å²) in [6, 6.07) is 7.58. The van der Waals surface area contributed by atoms with Crippen molar-refractivity contribution in [3.8, 4) is 0 Å². The summed E-state index contributed by atoms with van der Waals surface area (Å²) in [5.74, 6) is -0.0272. The third-order valence-electron chi connectivity index (χ3n) is 5.25. The summed E-state index contributed by atoms with van der Waals surface area (Å²) in [7, 11) is 0. The second-order valence-corrected chi connectivity index (χ2v) is 8.73. The van der Waals surface area contributed by atoms with Gasteiger partial charge in [-0.05, 0) is 42.4 Å². The highest BCUT2D eigenvalue weighted by molar-refractivity contribution is 5.94. The Labute approximate surface area is 174 Å². The third kappa shape index (κ3) is 7.87. The number of carbonyl (C=O) groups excluding carboxylic acids is 3. The highest BCUT2D eigenvalue weighted by Crippen LogP contribution is 2.22. The molecule has 1 aliphatic rings. The number of hydrogen-bond acceptors (Lipinski definition) is 3. The molecule has 0 unspecified atom stereocenters. The molecule has 1 aliphatic heterocycles. The van der Waals surface area contributed by atoms with Crippen molar-refractivity contribution in [3.63, 3.8) is 0 Å². The van der Waals surface area contributed by atoms with Gasteiger partial charge in [0.25, 0.3) is 5.91 Å². The van der Waals surface area contributed by atoms with Crippen molar-refractivity contribution in [2.24, 2.45) is 0 Å². The van der Waals surface area contributed by atoms with Crippen LogP contribution in [0.3, 0.4) is 0 Å². The van der Waals surface area contributed by atoms with E-state index in [2.05, 4.69) is 31.4 Å². The molecule has 0 bridgehead atoms. The lowest BCUT2D eigenvalue weighted by Gasteiger charge is -2.20. The summed E-state index contributed by atoms with van der Waals surface area (Å²) >= 11 is 0. The van der Waals surface area contributed by atoms with E-state index in [0.717, 1.165) is 32.2 Å². The predicted octanol–water partition coefficient (Wildman–Crippen LogP) is 3.01. The van der Waals surface area contributed by atoms with Gasteiger partial charge < -0.3 is 15.5 Å². The number of likely N-dealkylation sites (tertiary alicyclic amines) is 1. The van der Waals surface area contributed by atoms with E-state index in [1.165, 1.54) is 5.56 Å². The van der Waals surface area contributed by atoms with Gasteiger partial charge in [0.1, 0.15) is 0 Å². The third-order valence-corrected chi connectivity index (χ3v) is 5.25. The maximum Gasteiger partial charge on any atom is 0.251 e. The van der Waals surface area contributed by atoms with Crippen molar-refractivity contribution < 1.29 is 14.4 Å². The molecular formula is C23H35N3O3. The molecular weight excluding hydrogens is 366 g/mol. The van der Waals surface area contributed by atoms with E-state index >= 15 is 0 Å². The van der Waals surface area contributed by atoms with Gasteiger partial charge in [0.05, 0.1) is 0 Å². The number of hydrogen-bond donors (Lipinski definition) is 2. The lowest BCUT2D eigenvalue weighted by Crippen LogP contribution is -2.35. The molecule has 2 N–H and O–H groups in total. The van der Waals surface area contributed by atoms with E-state index in [0.29, 0.717) is 31.6 Å². The zero-order chi connectivity index (χ0) is 21.3. The Bertz CT molecular complexity index is 692. The lowest BCUT2D eigenvalue weighted by atomic mass is 9.87. The molecule has 0 saturated carbocycles. The van der Waals surface area contributed by atoms with Crippen molar-refractivity contribution >= 4 is 17.7 Å². The monoisotopic (exact) mass is 401 g/mol. The molecule has 1 fully saturated rings. The van der Waals surface area contributed by atoms with Gasteiger partial charge >= 0.3 is 0 Å². The van der Waals surface area contributed by atoms with Gasteiger partial charge in [-0.3, -0.25) is 14.4 Å². The molecule has 1 saturated heterocycles. The summed E-state index contributed by atoms with van der Waals surface area (Å²) in [5.41, 5.74) is 1.82. The Balaban J connectivity index is 1.61. The normalized spacial score (nSPS) is 15.0. The first-order chi connectivity index (χ1) is 13.8. The Morgan fingerprint density at radius 1 is 1.00 bits per heavy atom. The van der Waals surface area contributed by atoms with Crippen LogP contribution in [-0.2, 0) is 15.0 Å². The molecule has 2 rings (SSSR count). The fourth-order valence-electron chi connectivity index (χ4n) is 3.37. The molecule has 3 amide bonds. The van der Waals surface area contributed by atoms with E-state index in [-0.39, 0.29) is 29.6 Å². The molecule has 6 heteroatoms. The Kier molecular flexibility index (Phi) is 8.68. The summed E-state index contributed by atoms with van der Waals surface area (Å²) < 4.78 is 0. The molecule has 29 heavy (non-hydrogen) atoms. The fourth-order valence-corrected chi connectivity index (χ4v) is 3.37. The van der Waals surface area contributed by atoms with Crippen LogP contribution in [0, 0.1) is 0 Å². The molecule has 0 aliphatic carbocycles. The van der Waals surface area contributed by atoms with Gasteiger partial charge in [0.15, 0.2) is 0 Å². The Hall–Kier alpha value is -2.37. The maximum atomic E-state index is 12.2. The predicted molar refractivity (Wildman–Crippen MR) is 115 cm³/mol. The highest BCUT2D eigenvalue weighted by atomic mass is 16.2. The second-order valence-electron chi connectivity index (χ2n) is 8.73. The molecule has 6 nitrogen and oxygen atoms in total. The minimum atomic E-state index is -0.169. The molecule has 1 aromatic carbocycles. The molecule has 1 heterocycles. The number of benzene rings is 1. The van der Waals surface area contributed by atoms with E-state index in [1.54, 1.807) is 0 Å². The smallest absolute Gasteiger partial charge is 0.251 e. The number of nitrogens with zero attached hydrogens (tertiary/aromatic N) is 1. The van der Waals surface area contributed by atoms with Gasteiger partial charge in [-0.2, -0.15) is 0 Å². The largest absolute Gasteiger partial charge is 0.356 e. The maximum absolute atomic E-state index is 12.2. The number of amides is 3. The SMILES string of the molecule is CC(C)(C)c1ccc(C(=O)NCCC(=O)NCCCN2CCCCCC2=O)cc1. The first-order valence-electron chi connectivity index (χ1n) is 10.7. The van der Waals surface area contributed by atoms with E-state index in [4.69, 9.17) is 0 Å². The molecule has 1 aromatic rings. The average Bonchev–Trinajstić information content (AvgIpc) is 2.88. The lowest BCUT2D eigenvalue weighted by molar-refractivity contribution is -0.130. The zero-order valence-electron chi connectivity index (χ0n) is 18.1. The molecule has 0 radical (unpaired) electrons. The summed E-state index contributed by atoms with van der Waals surface area (Å²) in [4.78, 5) is 38.0. The minimum absolute atomic E-state index is 0.0492. The first-order valence-corrected chi connectivity index (χ1v) is 10.7. The second kappa shape index (κ2) is 11.0. The van der Waals surface area contributed by atoms with Crippen LogP contribution in [0.1, 0.15) is 75.2 Å². The van der Waals surface area contributed by atoms with Gasteiger partial charge in [0, 0.05) is 44.6 Å². The summed E-state index contributed by atoms with van der Waals surface area (Å²) in [5, 5.41) is 5.65. The van der Waals surface area contributed by atoms with Crippen LogP contribution in [0.2, 0.25) is 0 Å². The van der Waals surface area contributed by atoms with E-state index in [1.807, 2.05) is 29.2 Å². The highest BCUT2D eigenvalue weighted by Gasteiger charge is 2.16. The quantitative estimate of drug-likeness (QED) is 0.657. The topological polar surface area (TPSA) is 78.5 Å². The first kappa shape index (κ1) is 22.9. The average molecular weight is 402 g/mol. The fraction of sp³-hybridized carbons (Fsp3) is 0.609. The van der Waals surface area contributed by atoms with Crippen LogP contribution >= 0.6 is 0 Å². The van der Waals surface area contributed by atoms with Gasteiger partial charge in [-0.1, -0.05) is 39.3 Å². The molecule has 0 atom stereocenters. The van der Waals surface area contributed by atoms with Crippen LogP contribution < -0.4 is 10.6 Å². The minimum Gasteiger partial charge on any atom is -0.356 e. The Morgan fingerprint density at radius 2 is 1.72 bits per heavy atom. The number of nitrogens with one attached hydrogen (secondary N) is 2. The van der Waals surface area contributed by atoms with Crippen molar-refractivity contribution in [2.75, 3.05) is 26.2 Å². The summed E-state index contributed by atoms with van der Waals surface area (Å²) in [6.45, 7) is 8.77. The molecule has 160 valence electrons. The van der Waals surface area contributed by atoms with E-state index < -0.39 is 0 Å². The van der Waals surface area contributed by atoms with Crippen LogP contribution in [0.25, 0.3) is 0 Å². The van der Waals surface area contributed by atoms with Crippen molar-refractivity contribution in [3.05, 3.63) is 35.4 Å². The standard InChI is InChI=1S/C23H35N3O3/c1-23(2,3)19-11-9-18(10-12-19)22(29)25-15-13-20(27)24-14-7-17-26-16-6-4-5-8-21(26)28/h9-12H,4-8,13-17H2,1-3H3,(H,24,27)(H,25,29). The summed E-state index contributed by atoms with van der Waals surface area (Å²) in [6.07, 6.45) is 4.81. The van der Waals surface area contributed by atoms with Crippen molar-refractivity contribution in [2.45, 2.75) is 64.7 Å². The number of rotatable bonds is 8. The van der Waals surface area contributed by atoms with Crippen LogP contribution in [-0.4, -0.2) is 48.8 Å². The van der Waals surface area contributed by atoms with Crippen LogP contribution in [0.15, 0.2) is 24.3 Å². The van der Waals surface area contributed by atoms with Crippen molar-refractivity contribution in [1.82, 2.24) is 15.5 Å². The Morgan fingerprint density at radius 3 is 2.41 bits per heavy atom. The van der Waals surface area contributed by atoms with Gasteiger partial charge in [-0.25, -0.2) is 0 Å². The van der Waals surface area contributed by atoms with Gasteiger partial charge in [-0.15, -0.1) is 0 Å².